The van der Waals surface area contributed by atoms with Gasteiger partial charge >= 0.3 is 0 Å². The van der Waals surface area contributed by atoms with Crippen LogP contribution in [0.4, 0.5) is 0 Å². The fraction of sp³-hybridized carbons (Fsp3) is 1.00. The highest BCUT2D eigenvalue weighted by molar-refractivity contribution is 6.18. The second-order valence-corrected chi connectivity index (χ2v) is 5.22. The molecule has 1 unspecified atom stereocenters. The summed E-state index contributed by atoms with van der Waals surface area (Å²) in [6.45, 7) is 10.6. The summed E-state index contributed by atoms with van der Waals surface area (Å²) >= 11 is 5.90. The smallest absolute Gasteiger partial charge is 0.0488 e. The van der Waals surface area contributed by atoms with Crippen molar-refractivity contribution in [3.63, 3.8) is 0 Å². The SMILES string of the molecule is CC(C)COCCC(CCl)CC(C)C. The first-order chi connectivity index (χ1) is 6.56. The molecule has 1 atom stereocenters. The molecule has 14 heavy (non-hydrogen) atoms. The van der Waals surface area contributed by atoms with Crippen LogP contribution >= 0.6 is 11.6 Å². The summed E-state index contributed by atoms with van der Waals surface area (Å²) in [7, 11) is 0. The minimum Gasteiger partial charge on any atom is -0.381 e. The summed E-state index contributed by atoms with van der Waals surface area (Å²) in [6, 6.07) is 0. The lowest BCUT2D eigenvalue weighted by Crippen LogP contribution is -2.11. The van der Waals surface area contributed by atoms with Gasteiger partial charge in [-0.1, -0.05) is 27.7 Å². The number of hydrogen-bond donors (Lipinski definition) is 0. The van der Waals surface area contributed by atoms with Crippen molar-refractivity contribution in [1.82, 2.24) is 0 Å². The van der Waals surface area contributed by atoms with E-state index >= 15 is 0 Å². The van der Waals surface area contributed by atoms with Gasteiger partial charge in [0.25, 0.3) is 0 Å². The van der Waals surface area contributed by atoms with Crippen molar-refractivity contribution in [1.29, 1.82) is 0 Å². The van der Waals surface area contributed by atoms with E-state index in [1.165, 1.54) is 6.42 Å². The minimum absolute atomic E-state index is 0.629. The minimum atomic E-state index is 0.629. The number of rotatable bonds is 8. The van der Waals surface area contributed by atoms with Crippen LogP contribution in [0.1, 0.15) is 40.5 Å². The molecule has 2 heteroatoms. The molecule has 86 valence electrons. The van der Waals surface area contributed by atoms with Crippen LogP contribution in [0.2, 0.25) is 0 Å². The number of alkyl halides is 1. The predicted octanol–water partition coefficient (Wildman–Crippen LogP) is 3.95. The third-order valence-corrected chi connectivity index (χ3v) is 2.58. The van der Waals surface area contributed by atoms with Crippen LogP contribution in [-0.4, -0.2) is 19.1 Å². The zero-order chi connectivity index (χ0) is 11.0. The van der Waals surface area contributed by atoms with Gasteiger partial charge in [0.05, 0.1) is 0 Å². The Morgan fingerprint density at radius 1 is 1.07 bits per heavy atom. The average Bonchev–Trinajstić information content (AvgIpc) is 2.09. The Balaban J connectivity index is 3.43. The van der Waals surface area contributed by atoms with Crippen molar-refractivity contribution in [3.05, 3.63) is 0 Å². The summed E-state index contributed by atoms with van der Waals surface area (Å²) in [5, 5.41) is 0. The summed E-state index contributed by atoms with van der Waals surface area (Å²) < 4.78 is 5.55. The predicted molar refractivity (Wildman–Crippen MR) is 63.9 cm³/mol. The maximum atomic E-state index is 5.90. The monoisotopic (exact) mass is 220 g/mol. The molecule has 0 rings (SSSR count). The van der Waals surface area contributed by atoms with Gasteiger partial charge in [-0.15, -0.1) is 11.6 Å². The first-order valence-electron chi connectivity index (χ1n) is 5.70. The highest BCUT2D eigenvalue weighted by Gasteiger charge is 2.09. The third kappa shape index (κ3) is 8.83. The van der Waals surface area contributed by atoms with Gasteiger partial charge in [0, 0.05) is 19.1 Å². The Kier molecular flexibility index (Phi) is 8.70. The Morgan fingerprint density at radius 2 is 1.71 bits per heavy atom. The molecule has 0 aromatic rings. The molecule has 0 saturated heterocycles. The third-order valence-electron chi connectivity index (χ3n) is 2.14. The van der Waals surface area contributed by atoms with E-state index in [0.29, 0.717) is 11.8 Å². The molecule has 0 N–H and O–H groups in total. The highest BCUT2D eigenvalue weighted by Crippen LogP contribution is 2.16. The first-order valence-corrected chi connectivity index (χ1v) is 6.23. The molecule has 0 spiro atoms. The molecule has 0 aliphatic carbocycles. The van der Waals surface area contributed by atoms with E-state index in [1.54, 1.807) is 0 Å². The molecule has 0 aromatic heterocycles. The van der Waals surface area contributed by atoms with Gasteiger partial charge in [-0.3, -0.25) is 0 Å². The van der Waals surface area contributed by atoms with Crippen molar-refractivity contribution in [2.45, 2.75) is 40.5 Å². The quantitative estimate of drug-likeness (QED) is 0.445. The molecule has 0 saturated carbocycles. The molecule has 0 aliphatic rings. The Labute approximate surface area is 94.2 Å². The van der Waals surface area contributed by atoms with E-state index in [0.717, 1.165) is 31.4 Å². The average molecular weight is 221 g/mol. The molecule has 0 amide bonds. The van der Waals surface area contributed by atoms with Gasteiger partial charge in [-0.25, -0.2) is 0 Å². The van der Waals surface area contributed by atoms with Crippen molar-refractivity contribution < 1.29 is 4.74 Å². The number of ether oxygens (including phenoxy) is 1. The van der Waals surface area contributed by atoms with Crippen LogP contribution < -0.4 is 0 Å². The topological polar surface area (TPSA) is 9.23 Å². The fourth-order valence-corrected chi connectivity index (χ4v) is 1.77. The maximum absolute atomic E-state index is 5.90. The van der Waals surface area contributed by atoms with Gasteiger partial charge in [0.2, 0.25) is 0 Å². The van der Waals surface area contributed by atoms with E-state index in [2.05, 4.69) is 27.7 Å². The lowest BCUT2D eigenvalue weighted by molar-refractivity contribution is 0.0976. The highest BCUT2D eigenvalue weighted by atomic mass is 35.5. The largest absolute Gasteiger partial charge is 0.381 e. The Hall–Kier alpha value is 0.250. The van der Waals surface area contributed by atoms with Crippen LogP contribution in [0.3, 0.4) is 0 Å². The number of halogens is 1. The van der Waals surface area contributed by atoms with E-state index in [9.17, 15) is 0 Å². The first kappa shape index (κ1) is 14.2. The van der Waals surface area contributed by atoms with E-state index < -0.39 is 0 Å². The second-order valence-electron chi connectivity index (χ2n) is 4.91. The summed E-state index contributed by atoms with van der Waals surface area (Å²) in [4.78, 5) is 0. The summed E-state index contributed by atoms with van der Waals surface area (Å²) in [5.74, 6) is 2.77. The van der Waals surface area contributed by atoms with E-state index in [1.807, 2.05) is 0 Å². The van der Waals surface area contributed by atoms with Gasteiger partial charge < -0.3 is 4.74 Å². The van der Waals surface area contributed by atoms with Crippen LogP contribution in [-0.2, 0) is 4.74 Å². The maximum Gasteiger partial charge on any atom is 0.0488 e. The van der Waals surface area contributed by atoms with Gasteiger partial charge in [-0.05, 0) is 30.6 Å². The van der Waals surface area contributed by atoms with E-state index in [4.69, 9.17) is 16.3 Å². The Bertz CT molecular complexity index is 123. The fourth-order valence-electron chi connectivity index (χ4n) is 1.49. The normalized spacial score (nSPS) is 13.9. The molecule has 0 heterocycles. The van der Waals surface area contributed by atoms with Crippen molar-refractivity contribution in [2.75, 3.05) is 19.1 Å². The van der Waals surface area contributed by atoms with Crippen LogP contribution in [0, 0.1) is 17.8 Å². The van der Waals surface area contributed by atoms with E-state index in [-0.39, 0.29) is 0 Å². The van der Waals surface area contributed by atoms with Crippen molar-refractivity contribution in [3.8, 4) is 0 Å². The summed E-state index contributed by atoms with van der Waals surface area (Å²) in [5.41, 5.74) is 0. The van der Waals surface area contributed by atoms with Crippen LogP contribution in [0.5, 0.6) is 0 Å². The molecule has 0 aromatic carbocycles. The van der Waals surface area contributed by atoms with Crippen LogP contribution in [0.25, 0.3) is 0 Å². The lowest BCUT2D eigenvalue weighted by atomic mass is 9.96. The van der Waals surface area contributed by atoms with Gasteiger partial charge in [-0.2, -0.15) is 0 Å². The molecule has 1 nitrogen and oxygen atoms in total. The second kappa shape index (κ2) is 8.55. The Morgan fingerprint density at radius 3 is 2.14 bits per heavy atom. The van der Waals surface area contributed by atoms with Gasteiger partial charge in [0.15, 0.2) is 0 Å². The van der Waals surface area contributed by atoms with Gasteiger partial charge in [0.1, 0.15) is 0 Å². The standard InChI is InChI=1S/C12H25ClO/c1-10(2)7-12(8-13)5-6-14-9-11(3)4/h10-12H,5-9H2,1-4H3. The zero-order valence-electron chi connectivity index (χ0n) is 10.1. The molecule has 0 radical (unpaired) electrons. The molecular formula is C12H25ClO. The molecule has 0 aliphatic heterocycles. The van der Waals surface area contributed by atoms with Crippen LogP contribution in [0.15, 0.2) is 0 Å². The number of hydrogen-bond acceptors (Lipinski definition) is 1. The molecule has 0 fully saturated rings. The summed E-state index contributed by atoms with van der Waals surface area (Å²) in [6.07, 6.45) is 2.32. The zero-order valence-corrected chi connectivity index (χ0v) is 10.8. The molecular weight excluding hydrogens is 196 g/mol. The van der Waals surface area contributed by atoms with Crippen molar-refractivity contribution in [2.24, 2.45) is 17.8 Å². The lowest BCUT2D eigenvalue weighted by Gasteiger charge is -2.16. The molecule has 0 bridgehead atoms. The van der Waals surface area contributed by atoms with Crippen molar-refractivity contribution >= 4 is 11.6 Å².